The van der Waals surface area contributed by atoms with Gasteiger partial charge in [0.1, 0.15) is 5.82 Å². The first-order valence-corrected chi connectivity index (χ1v) is 6.01. The van der Waals surface area contributed by atoms with Crippen LogP contribution >= 0.6 is 0 Å². The molecule has 1 aromatic carbocycles. The smallest absolute Gasteiger partial charge is 0.399 e. The minimum absolute atomic E-state index is 0.250. The molecule has 0 amide bonds. The van der Waals surface area contributed by atoms with Gasteiger partial charge >= 0.3 is 7.12 Å². The van der Waals surface area contributed by atoms with Gasteiger partial charge in [-0.25, -0.2) is 8.78 Å². The fourth-order valence-electron chi connectivity index (χ4n) is 1.60. The maximum atomic E-state index is 12.8. The standard InChI is InChI=1S/C12H16BFO2.CH3FO/c1-11(2)12(3,4)16-13(15-11)9-5-7-10(14)8-6-9;2-1-3/h5-8H,1-4H3;3H,1H2. The molecular weight excluding hydrogens is 253 g/mol. The quantitative estimate of drug-likeness (QED) is 0.795. The minimum Gasteiger partial charge on any atom is -0.399 e. The lowest BCUT2D eigenvalue weighted by Gasteiger charge is -2.32. The van der Waals surface area contributed by atoms with Gasteiger partial charge in [0.05, 0.1) is 11.2 Å². The molecule has 6 heteroatoms. The zero-order valence-electron chi connectivity index (χ0n) is 11.6. The van der Waals surface area contributed by atoms with Crippen LogP contribution in [0.1, 0.15) is 27.7 Å². The summed E-state index contributed by atoms with van der Waals surface area (Å²) in [4.78, 5) is 0. The van der Waals surface area contributed by atoms with E-state index in [9.17, 15) is 8.78 Å². The van der Waals surface area contributed by atoms with Crippen LogP contribution in [0.4, 0.5) is 8.78 Å². The van der Waals surface area contributed by atoms with E-state index in [0.717, 1.165) is 5.46 Å². The van der Waals surface area contributed by atoms with Gasteiger partial charge in [0, 0.05) is 0 Å². The van der Waals surface area contributed by atoms with Crippen molar-refractivity contribution >= 4 is 12.6 Å². The number of benzene rings is 1. The summed E-state index contributed by atoms with van der Waals surface area (Å²) in [5.74, 6) is -0.250. The lowest BCUT2D eigenvalue weighted by atomic mass is 9.79. The van der Waals surface area contributed by atoms with E-state index in [1.165, 1.54) is 12.1 Å². The molecule has 0 unspecified atom stereocenters. The molecule has 0 atom stereocenters. The summed E-state index contributed by atoms with van der Waals surface area (Å²) in [5.41, 5.74) is 0.137. The molecule has 0 saturated carbocycles. The van der Waals surface area contributed by atoms with E-state index in [-0.39, 0.29) is 17.0 Å². The first-order valence-electron chi connectivity index (χ1n) is 6.01. The normalized spacial score (nSPS) is 19.8. The van der Waals surface area contributed by atoms with E-state index < -0.39 is 14.0 Å². The van der Waals surface area contributed by atoms with Gasteiger partial charge in [-0.1, -0.05) is 12.1 Å². The predicted octanol–water partition coefficient (Wildman–Crippen LogP) is 2.03. The summed E-state index contributed by atoms with van der Waals surface area (Å²) in [7, 11) is -0.411. The van der Waals surface area contributed by atoms with Gasteiger partial charge < -0.3 is 14.4 Å². The average molecular weight is 272 g/mol. The highest BCUT2D eigenvalue weighted by Gasteiger charge is 2.51. The largest absolute Gasteiger partial charge is 0.494 e. The molecule has 106 valence electrons. The first kappa shape index (κ1) is 16.1. The van der Waals surface area contributed by atoms with E-state index in [0.29, 0.717) is 0 Å². The second-order valence-corrected chi connectivity index (χ2v) is 5.26. The van der Waals surface area contributed by atoms with Crippen LogP contribution in [0.15, 0.2) is 24.3 Å². The highest BCUT2D eigenvalue weighted by molar-refractivity contribution is 6.62. The Morgan fingerprint density at radius 2 is 1.42 bits per heavy atom. The molecule has 0 bridgehead atoms. The Labute approximate surface area is 112 Å². The number of hydrogen-bond acceptors (Lipinski definition) is 3. The highest BCUT2D eigenvalue weighted by Crippen LogP contribution is 2.36. The number of hydrogen-bond donors (Lipinski definition) is 1. The van der Waals surface area contributed by atoms with Crippen LogP contribution in [0.25, 0.3) is 0 Å². The molecule has 19 heavy (non-hydrogen) atoms. The van der Waals surface area contributed by atoms with Crippen LogP contribution in [0, 0.1) is 5.82 Å². The maximum absolute atomic E-state index is 12.8. The van der Waals surface area contributed by atoms with Gasteiger partial charge in [-0.15, -0.1) is 0 Å². The first-order chi connectivity index (χ1) is 8.73. The molecule has 1 fully saturated rings. The fraction of sp³-hybridized carbons (Fsp3) is 0.538. The van der Waals surface area contributed by atoms with Crippen LogP contribution in [0.5, 0.6) is 0 Å². The average Bonchev–Trinajstić information content (AvgIpc) is 2.50. The van der Waals surface area contributed by atoms with Crippen molar-refractivity contribution in [3.05, 3.63) is 30.1 Å². The lowest BCUT2D eigenvalue weighted by molar-refractivity contribution is 0.00578. The van der Waals surface area contributed by atoms with Crippen LogP contribution in [0.2, 0.25) is 0 Å². The fourth-order valence-corrected chi connectivity index (χ4v) is 1.60. The predicted molar refractivity (Wildman–Crippen MR) is 70.3 cm³/mol. The number of alkyl halides is 1. The van der Waals surface area contributed by atoms with Crippen molar-refractivity contribution in [2.75, 3.05) is 6.86 Å². The summed E-state index contributed by atoms with van der Waals surface area (Å²) in [6, 6.07) is 6.22. The van der Waals surface area contributed by atoms with Crippen molar-refractivity contribution in [1.82, 2.24) is 0 Å². The van der Waals surface area contributed by atoms with Gasteiger partial charge in [-0.05, 0) is 45.3 Å². The molecule has 1 aromatic rings. The zero-order valence-corrected chi connectivity index (χ0v) is 11.6. The van der Waals surface area contributed by atoms with Crippen molar-refractivity contribution in [2.24, 2.45) is 0 Å². The minimum atomic E-state index is -1.25. The Hall–Kier alpha value is -0.975. The number of halogens is 2. The van der Waals surface area contributed by atoms with E-state index in [4.69, 9.17) is 14.4 Å². The molecule has 1 aliphatic rings. The van der Waals surface area contributed by atoms with Crippen molar-refractivity contribution in [3.63, 3.8) is 0 Å². The summed E-state index contributed by atoms with van der Waals surface area (Å²) >= 11 is 0. The maximum Gasteiger partial charge on any atom is 0.494 e. The third kappa shape index (κ3) is 3.75. The summed E-state index contributed by atoms with van der Waals surface area (Å²) in [6.07, 6.45) is 0. The molecule has 1 heterocycles. The molecule has 0 spiro atoms. The SMILES string of the molecule is CC1(C)OB(c2ccc(F)cc2)OC1(C)C.OCF. The van der Waals surface area contributed by atoms with Gasteiger partial charge in [0.15, 0.2) is 6.86 Å². The lowest BCUT2D eigenvalue weighted by Crippen LogP contribution is -2.41. The monoisotopic (exact) mass is 272 g/mol. The third-order valence-electron chi connectivity index (χ3n) is 3.40. The molecule has 0 radical (unpaired) electrons. The molecule has 3 nitrogen and oxygen atoms in total. The van der Waals surface area contributed by atoms with E-state index in [1.807, 2.05) is 27.7 Å². The van der Waals surface area contributed by atoms with Crippen molar-refractivity contribution < 1.29 is 23.2 Å². The molecule has 0 aromatic heterocycles. The Morgan fingerprint density at radius 1 is 1.05 bits per heavy atom. The summed E-state index contributed by atoms with van der Waals surface area (Å²) in [6.45, 7) is 6.74. The summed E-state index contributed by atoms with van der Waals surface area (Å²) < 4.78 is 34.3. The van der Waals surface area contributed by atoms with Crippen molar-refractivity contribution in [2.45, 2.75) is 38.9 Å². The molecule has 1 saturated heterocycles. The van der Waals surface area contributed by atoms with Gasteiger partial charge in [0.2, 0.25) is 0 Å². The van der Waals surface area contributed by atoms with Gasteiger partial charge in [-0.3, -0.25) is 0 Å². The molecule has 1 N–H and O–H groups in total. The summed E-state index contributed by atoms with van der Waals surface area (Å²) in [5, 5.41) is 6.90. The van der Waals surface area contributed by atoms with Gasteiger partial charge in [-0.2, -0.15) is 0 Å². The Kier molecular flexibility index (Phi) is 5.07. The molecular formula is C13H19BF2O3. The van der Waals surface area contributed by atoms with E-state index in [1.54, 1.807) is 12.1 Å². The third-order valence-corrected chi connectivity index (χ3v) is 3.40. The van der Waals surface area contributed by atoms with Crippen LogP contribution in [-0.2, 0) is 9.31 Å². The molecule has 1 aliphatic heterocycles. The van der Waals surface area contributed by atoms with Crippen molar-refractivity contribution in [1.29, 1.82) is 0 Å². The van der Waals surface area contributed by atoms with Gasteiger partial charge in [0.25, 0.3) is 0 Å². The Morgan fingerprint density at radius 3 is 1.79 bits per heavy atom. The number of aliphatic hydroxyl groups is 1. The van der Waals surface area contributed by atoms with E-state index in [2.05, 4.69) is 0 Å². The Bertz CT molecular complexity index is 391. The molecule has 2 rings (SSSR count). The molecule has 0 aliphatic carbocycles. The second kappa shape index (κ2) is 5.99. The topological polar surface area (TPSA) is 38.7 Å². The van der Waals surface area contributed by atoms with Crippen molar-refractivity contribution in [3.8, 4) is 0 Å². The Balaban J connectivity index is 0.000000550. The van der Waals surface area contributed by atoms with Crippen LogP contribution in [0.3, 0.4) is 0 Å². The second-order valence-electron chi connectivity index (χ2n) is 5.26. The number of aliphatic hydroxyl groups excluding tert-OH is 1. The van der Waals surface area contributed by atoms with E-state index >= 15 is 0 Å². The highest BCUT2D eigenvalue weighted by atomic mass is 19.1. The number of rotatable bonds is 1. The zero-order chi connectivity index (χ0) is 14.7. The van der Waals surface area contributed by atoms with Crippen LogP contribution in [-0.4, -0.2) is 30.3 Å². The van der Waals surface area contributed by atoms with Crippen LogP contribution < -0.4 is 5.46 Å².